The summed E-state index contributed by atoms with van der Waals surface area (Å²) in [6, 6.07) is 0. The van der Waals surface area contributed by atoms with Crippen molar-refractivity contribution in [3.8, 4) is 0 Å². The maximum atomic E-state index is 12.3. The number of hydrogen-bond acceptors (Lipinski definition) is 5. The van der Waals surface area contributed by atoms with Gasteiger partial charge in [-0.3, -0.25) is 9.59 Å². The van der Waals surface area contributed by atoms with Crippen molar-refractivity contribution in [2.24, 2.45) is 0 Å². The first-order valence-corrected chi connectivity index (χ1v) is 29.3. The first kappa shape index (κ1) is 65.8. The maximum absolute atomic E-state index is 12.3. The van der Waals surface area contributed by atoms with Gasteiger partial charge in [-0.05, 0) is 77.0 Å². The van der Waals surface area contributed by atoms with Crippen molar-refractivity contribution in [3.63, 3.8) is 0 Å². The van der Waals surface area contributed by atoms with E-state index in [2.05, 4.69) is 111 Å². The summed E-state index contributed by atoms with van der Waals surface area (Å²) in [5, 5.41) is 9.65. The van der Waals surface area contributed by atoms with Crippen LogP contribution in [0.4, 0.5) is 0 Å². The fraction of sp³-hybridized carbons (Fsp3) is 0.719. The molecule has 0 aliphatic rings. The minimum absolute atomic E-state index is 0.0663. The number of carbonyl (C=O) groups is 2. The Balaban J connectivity index is 3.52. The van der Waals surface area contributed by atoms with E-state index in [-0.39, 0.29) is 25.2 Å². The summed E-state index contributed by atoms with van der Waals surface area (Å²) in [6.45, 7) is 4.05. The van der Waals surface area contributed by atoms with Crippen LogP contribution in [0.15, 0.2) is 97.2 Å². The van der Waals surface area contributed by atoms with Gasteiger partial charge >= 0.3 is 11.9 Å². The molecule has 0 amide bonds. The fourth-order valence-electron chi connectivity index (χ4n) is 8.28. The first-order chi connectivity index (χ1) is 34.1. The number of carbonyl (C=O) groups excluding carboxylic acids is 2. The van der Waals surface area contributed by atoms with Crippen LogP contribution in [0.1, 0.15) is 277 Å². The zero-order valence-corrected chi connectivity index (χ0v) is 45.3. The minimum Gasteiger partial charge on any atom is -0.462 e. The number of rotatable bonds is 53. The van der Waals surface area contributed by atoms with Gasteiger partial charge in [-0.25, -0.2) is 0 Å². The average Bonchev–Trinajstić information content (AvgIpc) is 3.35. The molecule has 69 heavy (non-hydrogen) atoms. The van der Waals surface area contributed by atoms with E-state index >= 15 is 0 Å². The van der Waals surface area contributed by atoms with Crippen LogP contribution in [0.2, 0.25) is 0 Å². The molecule has 0 bridgehead atoms. The van der Waals surface area contributed by atoms with Crippen LogP contribution in [-0.4, -0.2) is 36.4 Å². The molecule has 0 aromatic rings. The zero-order valence-electron chi connectivity index (χ0n) is 45.3. The summed E-state index contributed by atoms with van der Waals surface area (Å²) in [5.74, 6) is -0.585. The Morgan fingerprint density at radius 3 is 0.942 bits per heavy atom. The predicted molar refractivity (Wildman–Crippen MR) is 302 cm³/mol. The van der Waals surface area contributed by atoms with Crippen molar-refractivity contribution in [2.45, 2.75) is 283 Å². The van der Waals surface area contributed by atoms with Crippen molar-refractivity contribution >= 4 is 11.9 Å². The van der Waals surface area contributed by atoms with Crippen LogP contribution < -0.4 is 0 Å². The quantitative estimate of drug-likeness (QED) is 0.0374. The molecule has 1 N–H and O–H groups in total. The van der Waals surface area contributed by atoms with Gasteiger partial charge in [0, 0.05) is 12.8 Å². The molecule has 0 spiro atoms. The largest absolute Gasteiger partial charge is 0.462 e. The number of unbranched alkanes of at least 4 members (excludes halogenated alkanes) is 29. The third-order valence-corrected chi connectivity index (χ3v) is 12.6. The Hall–Kier alpha value is -3.18. The van der Waals surface area contributed by atoms with E-state index in [0.29, 0.717) is 12.8 Å². The van der Waals surface area contributed by atoms with Crippen LogP contribution in [0.25, 0.3) is 0 Å². The third kappa shape index (κ3) is 57.3. The molecule has 0 saturated carbocycles. The van der Waals surface area contributed by atoms with Crippen LogP contribution in [-0.2, 0) is 19.1 Å². The predicted octanol–water partition coefficient (Wildman–Crippen LogP) is 19.9. The first-order valence-electron chi connectivity index (χ1n) is 29.3. The SMILES string of the molecule is CC/C=C\C/C=C\C/C=C\C/C=C\C/C=C\C/C=C\C/C=C\C/C=C\CCCCCCCCCCCCCCC(=O)OC(CO)COC(=O)CCCCCCCCCCCCCCCCCCCC. The van der Waals surface area contributed by atoms with Gasteiger partial charge in [0.1, 0.15) is 6.61 Å². The van der Waals surface area contributed by atoms with Crippen molar-refractivity contribution in [1.82, 2.24) is 0 Å². The van der Waals surface area contributed by atoms with Crippen molar-refractivity contribution in [3.05, 3.63) is 97.2 Å². The van der Waals surface area contributed by atoms with Crippen LogP contribution in [0, 0.1) is 0 Å². The van der Waals surface area contributed by atoms with Crippen LogP contribution in [0.5, 0.6) is 0 Å². The number of hydrogen-bond donors (Lipinski definition) is 1. The summed E-state index contributed by atoms with van der Waals surface area (Å²) >= 11 is 0. The van der Waals surface area contributed by atoms with E-state index in [4.69, 9.17) is 9.47 Å². The second kappa shape index (κ2) is 59.1. The summed E-state index contributed by atoms with van der Waals surface area (Å²) in [4.78, 5) is 24.5. The summed E-state index contributed by atoms with van der Waals surface area (Å²) in [7, 11) is 0. The smallest absolute Gasteiger partial charge is 0.306 e. The summed E-state index contributed by atoms with van der Waals surface area (Å²) < 4.78 is 10.7. The molecular weight excluding hydrogens is 849 g/mol. The molecule has 0 heterocycles. The lowest BCUT2D eigenvalue weighted by atomic mass is 10.0. The number of allylic oxidation sites excluding steroid dienone is 16. The molecule has 0 rings (SSSR count). The van der Waals surface area contributed by atoms with E-state index in [1.54, 1.807) is 0 Å². The molecule has 5 nitrogen and oxygen atoms in total. The van der Waals surface area contributed by atoms with E-state index < -0.39 is 6.10 Å². The van der Waals surface area contributed by atoms with Gasteiger partial charge in [-0.2, -0.15) is 0 Å². The Kier molecular flexibility index (Phi) is 56.4. The normalized spacial score (nSPS) is 12.9. The maximum Gasteiger partial charge on any atom is 0.306 e. The minimum atomic E-state index is -0.776. The van der Waals surface area contributed by atoms with Gasteiger partial charge in [-0.1, -0.05) is 284 Å². The molecule has 0 radical (unpaired) electrons. The van der Waals surface area contributed by atoms with Gasteiger partial charge < -0.3 is 14.6 Å². The molecule has 396 valence electrons. The molecule has 0 aromatic heterocycles. The topological polar surface area (TPSA) is 72.8 Å². The Bertz CT molecular complexity index is 1310. The van der Waals surface area contributed by atoms with Crippen LogP contribution in [0.3, 0.4) is 0 Å². The molecule has 0 aromatic carbocycles. The molecule has 1 unspecified atom stereocenters. The number of aliphatic hydroxyl groups excluding tert-OH is 1. The molecule has 0 fully saturated rings. The number of aliphatic hydroxyl groups is 1. The van der Waals surface area contributed by atoms with E-state index in [1.165, 1.54) is 161 Å². The van der Waals surface area contributed by atoms with Gasteiger partial charge in [0.25, 0.3) is 0 Å². The fourth-order valence-corrected chi connectivity index (χ4v) is 8.28. The van der Waals surface area contributed by atoms with Gasteiger partial charge in [0.15, 0.2) is 6.10 Å². The molecular formula is C64H110O5. The molecule has 0 aliphatic heterocycles. The van der Waals surface area contributed by atoms with Gasteiger partial charge in [0.05, 0.1) is 6.61 Å². The average molecular weight is 960 g/mol. The highest BCUT2D eigenvalue weighted by atomic mass is 16.6. The molecule has 0 saturated heterocycles. The summed E-state index contributed by atoms with van der Waals surface area (Å²) in [6.07, 6.45) is 83.8. The van der Waals surface area contributed by atoms with E-state index in [0.717, 1.165) is 89.9 Å². The van der Waals surface area contributed by atoms with Gasteiger partial charge in [-0.15, -0.1) is 0 Å². The molecule has 5 heteroatoms. The van der Waals surface area contributed by atoms with Crippen LogP contribution >= 0.6 is 0 Å². The van der Waals surface area contributed by atoms with Crippen molar-refractivity contribution in [1.29, 1.82) is 0 Å². The van der Waals surface area contributed by atoms with Crippen molar-refractivity contribution in [2.75, 3.05) is 13.2 Å². The van der Waals surface area contributed by atoms with E-state index in [9.17, 15) is 14.7 Å². The number of esters is 2. The zero-order chi connectivity index (χ0) is 49.9. The van der Waals surface area contributed by atoms with E-state index in [1.807, 2.05) is 0 Å². The lowest BCUT2D eigenvalue weighted by Crippen LogP contribution is -2.28. The van der Waals surface area contributed by atoms with Crippen molar-refractivity contribution < 1.29 is 24.2 Å². The van der Waals surface area contributed by atoms with Gasteiger partial charge in [0.2, 0.25) is 0 Å². The second-order valence-corrected chi connectivity index (χ2v) is 19.3. The second-order valence-electron chi connectivity index (χ2n) is 19.3. The monoisotopic (exact) mass is 959 g/mol. The Labute approximate surface area is 428 Å². The Morgan fingerprint density at radius 1 is 0.348 bits per heavy atom. The Morgan fingerprint density at radius 2 is 0.623 bits per heavy atom. The highest BCUT2D eigenvalue weighted by Gasteiger charge is 2.16. The lowest BCUT2D eigenvalue weighted by Gasteiger charge is -2.15. The molecule has 0 aliphatic carbocycles. The standard InChI is InChI=1S/C64H110O5/c1-3-5-7-9-11-13-15-17-19-21-23-24-25-26-27-28-29-30-31-32-33-34-35-36-37-38-39-40-41-43-45-47-49-51-53-55-57-59-64(67)69-62(60-65)61-68-63(66)58-56-54-52-50-48-46-44-42-22-20-18-16-14-12-10-8-6-4-2/h5,7,11,13,17,19,23-24,26-27,29-30,32-33,35-36,62,65H,3-4,6,8-10,12,14-16,18,20-22,25,28,31,34,37-61H2,1-2H3/b7-5-,13-11-,19-17-,24-23-,27-26-,30-29-,33-32-,36-35-. The lowest BCUT2D eigenvalue weighted by molar-refractivity contribution is -0.161. The highest BCUT2D eigenvalue weighted by molar-refractivity contribution is 5.70. The molecule has 1 atom stereocenters. The third-order valence-electron chi connectivity index (χ3n) is 12.6. The number of ether oxygens (including phenoxy) is 2. The summed E-state index contributed by atoms with van der Waals surface area (Å²) in [5.41, 5.74) is 0. The highest BCUT2D eigenvalue weighted by Crippen LogP contribution is 2.16.